The second kappa shape index (κ2) is 7.00. The molecule has 0 fully saturated rings. The number of nitrogens with one attached hydrogen (secondary N) is 1. The predicted molar refractivity (Wildman–Crippen MR) is 105 cm³/mol. The first-order chi connectivity index (χ1) is 13.0. The monoisotopic (exact) mass is 380 g/mol. The number of nitrogens with zero attached hydrogens (tertiary/aromatic N) is 3. The lowest BCUT2D eigenvalue weighted by atomic mass is 10.1. The molecule has 5 nitrogen and oxygen atoms in total. The molecule has 0 amide bonds. The molecule has 0 atom stereocenters. The number of aromatic amines is 1. The summed E-state index contributed by atoms with van der Waals surface area (Å²) in [6, 6.07) is 12.4. The molecular weight excluding hydrogens is 363 g/mol. The number of hydrogen-bond donors (Lipinski definition) is 1. The van der Waals surface area contributed by atoms with E-state index in [2.05, 4.69) is 15.1 Å². The van der Waals surface area contributed by atoms with Crippen molar-refractivity contribution in [3.8, 4) is 5.69 Å². The first-order valence-electron chi connectivity index (χ1n) is 8.44. The van der Waals surface area contributed by atoms with Crippen LogP contribution in [0.15, 0.2) is 58.6 Å². The van der Waals surface area contributed by atoms with E-state index in [1.54, 1.807) is 10.7 Å². The third-order valence-electron chi connectivity index (χ3n) is 4.42. The van der Waals surface area contributed by atoms with Gasteiger partial charge in [-0.3, -0.25) is 4.79 Å². The molecule has 0 spiro atoms. The minimum absolute atomic E-state index is 0.239. The minimum atomic E-state index is -0.280. The fraction of sp³-hybridized carbons (Fsp3) is 0.150. The Morgan fingerprint density at radius 2 is 2.00 bits per heavy atom. The fourth-order valence-electron chi connectivity index (χ4n) is 2.79. The molecule has 7 heteroatoms. The lowest BCUT2D eigenvalue weighted by Gasteiger charge is -2.07. The van der Waals surface area contributed by atoms with Gasteiger partial charge in [-0.2, -0.15) is 5.10 Å². The van der Waals surface area contributed by atoms with Crippen molar-refractivity contribution in [2.45, 2.75) is 24.8 Å². The second-order valence-corrected chi connectivity index (χ2v) is 7.32. The molecule has 0 unspecified atom stereocenters. The highest BCUT2D eigenvalue weighted by atomic mass is 32.2. The van der Waals surface area contributed by atoms with Gasteiger partial charge in [-0.05, 0) is 54.8 Å². The van der Waals surface area contributed by atoms with Crippen molar-refractivity contribution in [2.75, 3.05) is 0 Å². The van der Waals surface area contributed by atoms with Crippen LogP contribution in [0, 0.1) is 19.7 Å². The highest BCUT2D eigenvalue weighted by Gasteiger charge is 2.12. The maximum atomic E-state index is 13.3. The number of aromatic nitrogens is 4. The maximum absolute atomic E-state index is 13.3. The first-order valence-corrected chi connectivity index (χ1v) is 9.43. The van der Waals surface area contributed by atoms with Gasteiger partial charge in [0.05, 0.1) is 11.9 Å². The molecule has 0 aliphatic rings. The first kappa shape index (κ1) is 17.5. The Morgan fingerprint density at radius 1 is 1.15 bits per heavy atom. The quantitative estimate of drug-likeness (QED) is 0.427. The molecule has 0 bridgehead atoms. The highest BCUT2D eigenvalue weighted by molar-refractivity contribution is 7.98. The van der Waals surface area contributed by atoms with E-state index in [1.165, 1.54) is 35.7 Å². The highest BCUT2D eigenvalue weighted by Crippen LogP contribution is 2.22. The number of thioether (sulfide) groups is 1. The summed E-state index contributed by atoms with van der Waals surface area (Å²) in [5, 5.41) is 5.25. The summed E-state index contributed by atoms with van der Waals surface area (Å²) in [4.78, 5) is 19.8. The Bertz CT molecular complexity index is 1200. The number of fused-ring (bicyclic) bond motifs is 1. The number of halogens is 1. The summed E-state index contributed by atoms with van der Waals surface area (Å²) in [7, 11) is 0. The Hall–Kier alpha value is -2.93. The molecule has 136 valence electrons. The second-order valence-electron chi connectivity index (χ2n) is 6.35. The Kier molecular flexibility index (Phi) is 4.53. The van der Waals surface area contributed by atoms with Crippen molar-refractivity contribution in [3.05, 3.63) is 81.5 Å². The molecule has 0 radical (unpaired) electrons. The van der Waals surface area contributed by atoms with Gasteiger partial charge in [0.25, 0.3) is 5.56 Å². The lowest BCUT2D eigenvalue weighted by molar-refractivity contribution is 0.626. The van der Waals surface area contributed by atoms with Crippen molar-refractivity contribution in [2.24, 2.45) is 0 Å². The van der Waals surface area contributed by atoms with Gasteiger partial charge < -0.3 is 4.98 Å². The maximum Gasteiger partial charge on any atom is 0.262 e. The van der Waals surface area contributed by atoms with Crippen molar-refractivity contribution in [3.63, 3.8) is 0 Å². The number of hydrogen-bond acceptors (Lipinski definition) is 4. The van der Waals surface area contributed by atoms with E-state index in [4.69, 9.17) is 0 Å². The summed E-state index contributed by atoms with van der Waals surface area (Å²) < 4.78 is 15.0. The van der Waals surface area contributed by atoms with Gasteiger partial charge in [-0.25, -0.2) is 14.1 Å². The van der Waals surface area contributed by atoms with Crippen LogP contribution in [0.1, 0.15) is 16.7 Å². The van der Waals surface area contributed by atoms with Crippen LogP contribution in [0.25, 0.3) is 16.7 Å². The molecule has 4 aromatic rings. The Balaban J connectivity index is 1.71. The molecule has 0 aliphatic carbocycles. The van der Waals surface area contributed by atoms with Crippen LogP contribution in [0.4, 0.5) is 4.39 Å². The van der Waals surface area contributed by atoms with Gasteiger partial charge in [0.2, 0.25) is 0 Å². The van der Waals surface area contributed by atoms with Crippen LogP contribution in [0.2, 0.25) is 0 Å². The SMILES string of the molecule is Cc1ccc(-n2ncc3c(=O)[nH]c(SCc4cccc(F)c4)nc32)cc1C. The minimum Gasteiger partial charge on any atom is -0.301 e. The molecule has 1 N–H and O–H groups in total. The molecule has 0 saturated heterocycles. The molecule has 0 aliphatic heterocycles. The van der Waals surface area contributed by atoms with Crippen LogP contribution in [0.3, 0.4) is 0 Å². The van der Waals surface area contributed by atoms with Crippen molar-refractivity contribution < 1.29 is 4.39 Å². The summed E-state index contributed by atoms with van der Waals surface area (Å²) in [6.45, 7) is 4.08. The molecule has 0 saturated carbocycles. The summed E-state index contributed by atoms with van der Waals surface area (Å²) >= 11 is 1.35. The number of benzene rings is 2. The number of rotatable bonds is 4. The standard InChI is InChI=1S/C20H17FN4OS/c1-12-6-7-16(8-13(12)2)25-18-17(10-22-25)19(26)24-20(23-18)27-11-14-4-3-5-15(21)9-14/h3-10H,11H2,1-2H3,(H,23,24,26). The van der Waals surface area contributed by atoms with Crippen molar-refractivity contribution >= 4 is 22.8 Å². The summed E-state index contributed by atoms with van der Waals surface area (Å²) in [5.74, 6) is 0.224. The van der Waals surface area contributed by atoms with Gasteiger partial charge in [0.15, 0.2) is 10.8 Å². The molecule has 4 rings (SSSR count). The lowest BCUT2D eigenvalue weighted by Crippen LogP contribution is -2.10. The third-order valence-corrected chi connectivity index (χ3v) is 5.36. The van der Waals surface area contributed by atoms with Gasteiger partial charge in [0, 0.05) is 5.75 Å². The van der Waals surface area contributed by atoms with E-state index in [-0.39, 0.29) is 11.4 Å². The van der Waals surface area contributed by atoms with Gasteiger partial charge in [-0.1, -0.05) is 30.0 Å². The zero-order chi connectivity index (χ0) is 19.0. The zero-order valence-electron chi connectivity index (χ0n) is 14.9. The topological polar surface area (TPSA) is 63.6 Å². The normalized spacial score (nSPS) is 11.2. The van der Waals surface area contributed by atoms with E-state index in [0.29, 0.717) is 21.9 Å². The molecule has 2 aromatic heterocycles. The third kappa shape index (κ3) is 3.50. The number of aryl methyl sites for hydroxylation is 2. The van der Waals surface area contributed by atoms with E-state index in [1.807, 2.05) is 38.1 Å². The number of H-pyrrole nitrogens is 1. The molecule has 2 heterocycles. The summed E-state index contributed by atoms with van der Waals surface area (Å²) in [6.07, 6.45) is 1.53. The Labute approximate surface area is 159 Å². The summed E-state index contributed by atoms with van der Waals surface area (Å²) in [5.41, 5.74) is 4.27. The van der Waals surface area contributed by atoms with Gasteiger partial charge in [0.1, 0.15) is 11.2 Å². The zero-order valence-corrected chi connectivity index (χ0v) is 15.7. The van der Waals surface area contributed by atoms with E-state index < -0.39 is 0 Å². The van der Waals surface area contributed by atoms with Crippen LogP contribution in [0.5, 0.6) is 0 Å². The van der Waals surface area contributed by atoms with E-state index in [9.17, 15) is 9.18 Å². The van der Waals surface area contributed by atoms with Crippen LogP contribution in [-0.2, 0) is 5.75 Å². The van der Waals surface area contributed by atoms with E-state index >= 15 is 0 Å². The average Bonchev–Trinajstić information content (AvgIpc) is 3.07. The van der Waals surface area contributed by atoms with Crippen molar-refractivity contribution in [1.29, 1.82) is 0 Å². The fourth-order valence-corrected chi connectivity index (χ4v) is 3.59. The van der Waals surface area contributed by atoms with Crippen LogP contribution in [-0.4, -0.2) is 19.7 Å². The van der Waals surface area contributed by atoms with Gasteiger partial charge >= 0.3 is 0 Å². The molecular formula is C20H17FN4OS. The molecule has 2 aromatic carbocycles. The van der Waals surface area contributed by atoms with E-state index in [0.717, 1.165) is 16.8 Å². The van der Waals surface area contributed by atoms with Crippen LogP contribution >= 0.6 is 11.8 Å². The predicted octanol–water partition coefficient (Wildman–Crippen LogP) is 4.16. The van der Waals surface area contributed by atoms with Crippen LogP contribution < -0.4 is 5.56 Å². The smallest absolute Gasteiger partial charge is 0.262 e. The van der Waals surface area contributed by atoms with Gasteiger partial charge in [-0.15, -0.1) is 0 Å². The van der Waals surface area contributed by atoms with Crippen molar-refractivity contribution in [1.82, 2.24) is 19.7 Å². The average molecular weight is 380 g/mol. The Morgan fingerprint density at radius 3 is 2.78 bits per heavy atom. The largest absolute Gasteiger partial charge is 0.301 e. The molecule has 27 heavy (non-hydrogen) atoms.